The first-order valence-corrected chi connectivity index (χ1v) is 5.93. The summed E-state index contributed by atoms with van der Waals surface area (Å²) in [6.07, 6.45) is 7.43. The van der Waals surface area contributed by atoms with Crippen molar-refractivity contribution < 1.29 is 0 Å². The van der Waals surface area contributed by atoms with Crippen molar-refractivity contribution >= 4 is 0 Å². The second kappa shape index (κ2) is 6.57. The van der Waals surface area contributed by atoms with E-state index >= 15 is 0 Å². The number of pyridine rings is 1. The van der Waals surface area contributed by atoms with E-state index in [0.717, 1.165) is 6.54 Å². The summed E-state index contributed by atoms with van der Waals surface area (Å²) < 4.78 is 0. The quantitative estimate of drug-likeness (QED) is 0.773. The van der Waals surface area contributed by atoms with Gasteiger partial charge >= 0.3 is 0 Å². The molecule has 0 amide bonds. The van der Waals surface area contributed by atoms with E-state index in [9.17, 15) is 0 Å². The highest BCUT2D eigenvalue weighted by Crippen LogP contribution is 2.20. The van der Waals surface area contributed by atoms with Gasteiger partial charge in [-0.25, -0.2) is 0 Å². The standard InChI is InChI=1S/C13H22N2/c1-4-6-13(15-8-5-2)12-10-14-9-7-11(12)3/h7,9-10,13,15H,4-6,8H2,1-3H3. The van der Waals surface area contributed by atoms with E-state index in [2.05, 4.69) is 37.1 Å². The minimum Gasteiger partial charge on any atom is -0.310 e. The van der Waals surface area contributed by atoms with Crippen molar-refractivity contribution in [2.75, 3.05) is 6.54 Å². The van der Waals surface area contributed by atoms with E-state index in [0.29, 0.717) is 6.04 Å². The van der Waals surface area contributed by atoms with Crippen LogP contribution in [-0.2, 0) is 0 Å². The number of aromatic nitrogens is 1. The molecule has 1 heterocycles. The van der Waals surface area contributed by atoms with Gasteiger partial charge in [0.25, 0.3) is 0 Å². The average Bonchev–Trinajstić information content (AvgIpc) is 2.25. The van der Waals surface area contributed by atoms with Crippen LogP contribution in [0.15, 0.2) is 18.5 Å². The predicted molar refractivity (Wildman–Crippen MR) is 64.9 cm³/mol. The molecule has 0 aliphatic carbocycles. The molecule has 15 heavy (non-hydrogen) atoms. The van der Waals surface area contributed by atoms with Crippen molar-refractivity contribution in [1.82, 2.24) is 10.3 Å². The molecule has 0 aromatic carbocycles. The van der Waals surface area contributed by atoms with Crippen LogP contribution in [0.2, 0.25) is 0 Å². The van der Waals surface area contributed by atoms with Crippen molar-refractivity contribution in [3.8, 4) is 0 Å². The Kier molecular flexibility index (Phi) is 5.33. The summed E-state index contributed by atoms with van der Waals surface area (Å²) in [5, 5.41) is 3.59. The molecule has 1 atom stereocenters. The smallest absolute Gasteiger partial charge is 0.0338 e. The van der Waals surface area contributed by atoms with Gasteiger partial charge in [0.2, 0.25) is 0 Å². The Bertz CT molecular complexity index is 284. The maximum atomic E-state index is 4.22. The number of hydrogen-bond donors (Lipinski definition) is 1. The minimum absolute atomic E-state index is 0.476. The molecule has 1 rings (SSSR count). The maximum Gasteiger partial charge on any atom is 0.0338 e. The SMILES string of the molecule is CCCNC(CCC)c1cnccc1C. The Morgan fingerprint density at radius 1 is 1.33 bits per heavy atom. The van der Waals surface area contributed by atoms with E-state index in [-0.39, 0.29) is 0 Å². The van der Waals surface area contributed by atoms with Crippen LogP contribution in [0.4, 0.5) is 0 Å². The molecule has 0 saturated heterocycles. The van der Waals surface area contributed by atoms with Crippen LogP contribution in [0.1, 0.15) is 50.3 Å². The monoisotopic (exact) mass is 206 g/mol. The highest BCUT2D eigenvalue weighted by atomic mass is 14.9. The lowest BCUT2D eigenvalue weighted by Crippen LogP contribution is -2.22. The first-order chi connectivity index (χ1) is 7.29. The molecule has 84 valence electrons. The fraction of sp³-hybridized carbons (Fsp3) is 0.615. The van der Waals surface area contributed by atoms with Crippen LogP contribution in [0.25, 0.3) is 0 Å². The Morgan fingerprint density at radius 3 is 2.73 bits per heavy atom. The lowest BCUT2D eigenvalue weighted by molar-refractivity contribution is 0.491. The molecule has 0 radical (unpaired) electrons. The van der Waals surface area contributed by atoms with Crippen LogP contribution in [-0.4, -0.2) is 11.5 Å². The van der Waals surface area contributed by atoms with Crippen molar-refractivity contribution in [2.45, 2.75) is 46.1 Å². The number of aryl methyl sites for hydroxylation is 1. The van der Waals surface area contributed by atoms with Gasteiger partial charge in [0, 0.05) is 18.4 Å². The van der Waals surface area contributed by atoms with Gasteiger partial charge in [-0.15, -0.1) is 0 Å². The Balaban J connectivity index is 2.74. The summed E-state index contributed by atoms with van der Waals surface area (Å²) in [4.78, 5) is 4.22. The molecule has 2 heteroatoms. The maximum absolute atomic E-state index is 4.22. The molecule has 0 fully saturated rings. The third-order valence-electron chi connectivity index (χ3n) is 2.67. The molecular weight excluding hydrogens is 184 g/mol. The van der Waals surface area contributed by atoms with Crippen LogP contribution in [0.5, 0.6) is 0 Å². The zero-order valence-corrected chi connectivity index (χ0v) is 10.1. The fourth-order valence-corrected chi connectivity index (χ4v) is 1.82. The highest BCUT2D eigenvalue weighted by molar-refractivity contribution is 5.24. The molecular formula is C13H22N2. The van der Waals surface area contributed by atoms with Gasteiger partial charge in [-0.05, 0) is 43.5 Å². The van der Waals surface area contributed by atoms with Crippen LogP contribution >= 0.6 is 0 Å². The van der Waals surface area contributed by atoms with E-state index in [1.165, 1.54) is 30.4 Å². The summed E-state index contributed by atoms with van der Waals surface area (Å²) in [5.41, 5.74) is 2.69. The van der Waals surface area contributed by atoms with E-state index in [1.807, 2.05) is 12.4 Å². The fourth-order valence-electron chi connectivity index (χ4n) is 1.82. The number of hydrogen-bond acceptors (Lipinski definition) is 2. The van der Waals surface area contributed by atoms with Gasteiger partial charge in [0.05, 0.1) is 0 Å². The van der Waals surface area contributed by atoms with Crippen molar-refractivity contribution in [2.24, 2.45) is 0 Å². The second-order valence-electron chi connectivity index (χ2n) is 4.03. The molecule has 0 saturated carbocycles. The van der Waals surface area contributed by atoms with E-state index in [4.69, 9.17) is 0 Å². The van der Waals surface area contributed by atoms with Crippen molar-refractivity contribution in [1.29, 1.82) is 0 Å². The van der Waals surface area contributed by atoms with Gasteiger partial charge in [-0.3, -0.25) is 4.98 Å². The number of rotatable bonds is 6. The summed E-state index contributed by atoms with van der Waals surface area (Å²) in [6, 6.07) is 2.56. The molecule has 2 nitrogen and oxygen atoms in total. The van der Waals surface area contributed by atoms with Crippen LogP contribution in [0, 0.1) is 6.92 Å². The molecule has 0 spiro atoms. The minimum atomic E-state index is 0.476. The average molecular weight is 206 g/mol. The zero-order valence-electron chi connectivity index (χ0n) is 10.1. The highest BCUT2D eigenvalue weighted by Gasteiger charge is 2.11. The molecule has 0 aliphatic rings. The topological polar surface area (TPSA) is 24.9 Å². The Morgan fingerprint density at radius 2 is 2.13 bits per heavy atom. The van der Waals surface area contributed by atoms with Crippen LogP contribution in [0.3, 0.4) is 0 Å². The molecule has 1 N–H and O–H groups in total. The second-order valence-corrected chi connectivity index (χ2v) is 4.03. The van der Waals surface area contributed by atoms with Crippen molar-refractivity contribution in [3.05, 3.63) is 29.6 Å². The van der Waals surface area contributed by atoms with Gasteiger partial charge in [-0.1, -0.05) is 20.3 Å². The Hall–Kier alpha value is -0.890. The van der Waals surface area contributed by atoms with Gasteiger partial charge in [0.15, 0.2) is 0 Å². The third-order valence-corrected chi connectivity index (χ3v) is 2.67. The molecule has 1 aromatic rings. The summed E-state index contributed by atoms with van der Waals surface area (Å²) >= 11 is 0. The van der Waals surface area contributed by atoms with Gasteiger partial charge < -0.3 is 5.32 Å². The van der Waals surface area contributed by atoms with E-state index in [1.54, 1.807) is 0 Å². The molecule has 0 aliphatic heterocycles. The molecule has 0 bridgehead atoms. The zero-order chi connectivity index (χ0) is 11.1. The van der Waals surface area contributed by atoms with Gasteiger partial charge in [0.1, 0.15) is 0 Å². The van der Waals surface area contributed by atoms with Crippen molar-refractivity contribution in [3.63, 3.8) is 0 Å². The largest absolute Gasteiger partial charge is 0.310 e. The normalized spacial score (nSPS) is 12.7. The number of nitrogens with one attached hydrogen (secondary N) is 1. The van der Waals surface area contributed by atoms with E-state index < -0.39 is 0 Å². The lowest BCUT2D eigenvalue weighted by Gasteiger charge is -2.19. The predicted octanol–water partition coefficient (Wildman–Crippen LogP) is 3.23. The number of nitrogens with zero attached hydrogens (tertiary/aromatic N) is 1. The first-order valence-electron chi connectivity index (χ1n) is 5.93. The van der Waals surface area contributed by atoms with Gasteiger partial charge in [-0.2, -0.15) is 0 Å². The summed E-state index contributed by atoms with van der Waals surface area (Å²) in [6.45, 7) is 7.67. The summed E-state index contributed by atoms with van der Waals surface area (Å²) in [5.74, 6) is 0. The lowest BCUT2D eigenvalue weighted by atomic mass is 10.00. The summed E-state index contributed by atoms with van der Waals surface area (Å²) in [7, 11) is 0. The third kappa shape index (κ3) is 3.63. The Labute approximate surface area is 93.1 Å². The first kappa shape index (κ1) is 12.2. The molecule has 1 aromatic heterocycles. The van der Waals surface area contributed by atoms with Crippen LogP contribution < -0.4 is 5.32 Å². The molecule has 1 unspecified atom stereocenters.